The van der Waals surface area contributed by atoms with Crippen LogP contribution in [0.1, 0.15) is 11.3 Å². The van der Waals surface area contributed by atoms with E-state index in [9.17, 15) is 8.78 Å². The summed E-state index contributed by atoms with van der Waals surface area (Å²) in [5, 5.41) is 12.6. The fraction of sp³-hybridized carbons (Fsp3) is 0.143. The number of nitrogens with zero attached hydrogens (tertiary/aromatic N) is 2. The number of benzene rings is 1. The molecule has 0 bridgehead atoms. The van der Waals surface area contributed by atoms with E-state index in [0.29, 0.717) is 5.56 Å². The number of nitriles is 1. The first kappa shape index (κ1) is 14.5. The number of rotatable bonds is 5. The van der Waals surface area contributed by atoms with Crippen molar-refractivity contribution in [1.82, 2.24) is 5.16 Å². The Morgan fingerprint density at radius 2 is 2.19 bits per heavy atom. The predicted octanol–water partition coefficient (Wildman–Crippen LogP) is 3.35. The zero-order valence-corrected chi connectivity index (χ0v) is 10.9. The maximum absolute atomic E-state index is 12.4. The second kappa shape index (κ2) is 6.52. The number of aromatic nitrogens is 1. The van der Waals surface area contributed by atoms with Gasteiger partial charge in [-0.1, -0.05) is 11.2 Å². The highest BCUT2D eigenvalue weighted by atomic mass is 19.3. The first-order valence-electron chi connectivity index (χ1n) is 5.79. The number of allylic oxidation sites excluding steroid dienone is 1. The van der Waals surface area contributed by atoms with Crippen LogP contribution in [0.25, 0.3) is 11.6 Å². The van der Waals surface area contributed by atoms with Crippen molar-refractivity contribution in [2.24, 2.45) is 0 Å². The molecule has 0 atom stereocenters. The predicted molar refractivity (Wildman–Crippen MR) is 69.6 cm³/mol. The Morgan fingerprint density at radius 3 is 2.76 bits per heavy atom. The molecule has 0 saturated heterocycles. The summed E-state index contributed by atoms with van der Waals surface area (Å²) in [7, 11) is 1.35. The molecule has 0 aliphatic carbocycles. The van der Waals surface area contributed by atoms with Gasteiger partial charge in [0.15, 0.2) is 17.3 Å². The third-order valence-corrected chi connectivity index (χ3v) is 2.54. The molecule has 0 saturated carbocycles. The molecule has 108 valence electrons. The van der Waals surface area contributed by atoms with E-state index in [4.69, 9.17) is 14.5 Å². The van der Waals surface area contributed by atoms with Crippen LogP contribution >= 0.6 is 0 Å². The van der Waals surface area contributed by atoms with E-state index in [1.54, 1.807) is 6.07 Å². The van der Waals surface area contributed by atoms with Crippen LogP contribution in [-0.4, -0.2) is 18.9 Å². The van der Waals surface area contributed by atoms with Gasteiger partial charge >= 0.3 is 6.61 Å². The molecule has 1 aromatic heterocycles. The van der Waals surface area contributed by atoms with Crippen LogP contribution in [0.5, 0.6) is 11.5 Å². The largest absolute Gasteiger partial charge is 0.493 e. The molecule has 2 rings (SSSR count). The lowest BCUT2D eigenvalue weighted by Gasteiger charge is -2.10. The lowest BCUT2D eigenvalue weighted by atomic mass is 10.1. The SMILES string of the molecule is COc1ccc(C=C(C#N)c2ccno2)cc1OC(F)F. The second-order valence-electron chi connectivity index (χ2n) is 3.84. The quantitative estimate of drug-likeness (QED) is 0.790. The maximum atomic E-state index is 12.4. The van der Waals surface area contributed by atoms with Crippen molar-refractivity contribution >= 4 is 11.6 Å². The Labute approximate surface area is 119 Å². The molecule has 0 spiro atoms. The molecule has 0 aliphatic heterocycles. The van der Waals surface area contributed by atoms with Gasteiger partial charge in [-0.15, -0.1) is 0 Å². The molecule has 0 N–H and O–H groups in total. The van der Waals surface area contributed by atoms with Crippen LogP contribution < -0.4 is 9.47 Å². The van der Waals surface area contributed by atoms with Crippen molar-refractivity contribution in [1.29, 1.82) is 5.26 Å². The van der Waals surface area contributed by atoms with Crippen molar-refractivity contribution in [2.45, 2.75) is 6.61 Å². The van der Waals surface area contributed by atoms with Crippen LogP contribution in [0.15, 0.2) is 35.0 Å². The van der Waals surface area contributed by atoms with E-state index >= 15 is 0 Å². The van der Waals surface area contributed by atoms with Crippen molar-refractivity contribution in [3.8, 4) is 17.6 Å². The molecule has 1 heterocycles. The Bertz CT molecular complexity index is 676. The number of ether oxygens (including phenoxy) is 2. The number of alkyl halides is 2. The summed E-state index contributed by atoms with van der Waals surface area (Å²) in [5.74, 6) is 0.339. The van der Waals surface area contributed by atoms with E-state index in [1.165, 1.54) is 37.6 Å². The molecular weight excluding hydrogens is 282 g/mol. The Balaban J connectivity index is 2.38. The number of methoxy groups -OCH3 is 1. The average molecular weight is 292 g/mol. The van der Waals surface area contributed by atoms with Gasteiger partial charge in [0, 0.05) is 6.07 Å². The van der Waals surface area contributed by atoms with E-state index in [2.05, 4.69) is 9.89 Å². The number of hydrogen-bond acceptors (Lipinski definition) is 5. The summed E-state index contributed by atoms with van der Waals surface area (Å²) < 4.78 is 38.9. The minimum absolute atomic E-state index is 0.115. The summed E-state index contributed by atoms with van der Waals surface area (Å²) in [6.07, 6.45) is 2.87. The van der Waals surface area contributed by atoms with Gasteiger partial charge in [0.25, 0.3) is 0 Å². The van der Waals surface area contributed by atoms with Crippen LogP contribution in [0.2, 0.25) is 0 Å². The van der Waals surface area contributed by atoms with E-state index in [0.717, 1.165) is 0 Å². The third-order valence-electron chi connectivity index (χ3n) is 2.54. The highest BCUT2D eigenvalue weighted by molar-refractivity contribution is 5.87. The number of halogens is 2. The van der Waals surface area contributed by atoms with Crippen molar-refractivity contribution < 1.29 is 22.8 Å². The van der Waals surface area contributed by atoms with Crippen molar-refractivity contribution in [2.75, 3.05) is 7.11 Å². The Morgan fingerprint density at radius 1 is 1.38 bits per heavy atom. The van der Waals surface area contributed by atoms with Crippen LogP contribution in [0.4, 0.5) is 8.78 Å². The Kier molecular flexibility index (Phi) is 4.51. The summed E-state index contributed by atoms with van der Waals surface area (Å²) >= 11 is 0. The normalized spacial score (nSPS) is 11.3. The fourth-order valence-corrected chi connectivity index (χ4v) is 1.65. The first-order chi connectivity index (χ1) is 10.1. The molecule has 7 heteroatoms. The van der Waals surface area contributed by atoms with Gasteiger partial charge in [-0.3, -0.25) is 0 Å². The first-order valence-corrected chi connectivity index (χ1v) is 5.79. The van der Waals surface area contributed by atoms with Gasteiger partial charge in [0.1, 0.15) is 6.07 Å². The van der Waals surface area contributed by atoms with Crippen molar-refractivity contribution in [3.63, 3.8) is 0 Å². The summed E-state index contributed by atoms with van der Waals surface area (Å²) in [6, 6.07) is 7.89. The Hall–Kier alpha value is -2.88. The summed E-state index contributed by atoms with van der Waals surface area (Å²) in [4.78, 5) is 0. The molecule has 21 heavy (non-hydrogen) atoms. The monoisotopic (exact) mass is 292 g/mol. The van der Waals surface area contributed by atoms with Gasteiger partial charge in [-0.05, 0) is 23.8 Å². The molecule has 0 amide bonds. The molecule has 0 aliphatic rings. The molecular formula is C14H10F2N2O3. The number of hydrogen-bond donors (Lipinski definition) is 0. The molecule has 0 fully saturated rings. The van der Waals surface area contributed by atoms with E-state index in [-0.39, 0.29) is 22.8 Å². The van der Waals surface area contributed by atoms with Crippen LogP contribution in [0, 0.1) is 11.3 Å². The molecule has 2 aromatic rings. The van der Waals surface area contributed by atoms with Gasteiger partial charge in [-0.2, -0.15) is 14.0 Å². The fourth-order valence-electron chi connectivity index (χ4n) is 1.65. The zero-order valence-electron chi connectivity index (χ0n) is 10.9. The molecule has 5 nitrogen and oxygen atoms in total. The lowest BCUT2D eigenvalue weighted by Crippen LogP contribution is -2.03. The van der Waals surface area contributed by atoms with Crippen molar-refractivity contribution in [3.05, 3.63) is 41.8 Å². The van der Waals surface area contributed by atoms with E-state index < -0.39 is 6.61 Å². The summed E-state index contributed by atoms with van der Waals surface area (Å²) in [6.45, 7) is -2.97. The highest BCUT2D eigenvalue weighted by Gasteiger charge is 2.12. The standard InChI is InChI=1S/C14H10F2N2O3/c1-19-12-3-2-9(7-13(12)20-14(15)16)6-10(8-17)11-4-5-18-21-11/h2-7,14H,1H3. The van der Waals surface area contributed by atoms with Gasteiger partial charge < -0.3 is 14.0 Å². The average Bonchev–Trinajstić information content (AvgIpc) is 2.98. The van der Waals surface area contributed by atoms with Gasteiger partial charge in [0.05, 0.1) is 18.9 Å². The topological polar surface area (TPSA) is 68.3 Å². The zero-order chi connectivity index (χ0) is 15.2. The maximum Gasteiger partial charge on any atom is 0.387 e. The van der Waals surface area contributed by atoms with Gasteiger partial charge in [0.2, 0.25) is 0 Å². The summed E-state index contributed by atoms with van der Waals surface area (Å²) in [5.41, 5.74) is 0.695. The molecule has 0 radical (unpaired) electrons. The van der Waals surface area contributed by atoms with E-state index in [1.807, 2.05) is 6.07 Å². The van der Waals surface area contributed by atoms with Crippen LogP contribution in [0.3, 0.4) is 0 Å². The van der Waals surface area contributed by atoms with Crippen LogP contribution in [-0.2, 0) is 0 Å². The highest BCUT2D eigenvalue weighted by Crippen LogP contribution is 2.31. The lowest BCUT2D eigenvalue weighted by molar-refractivity contribution is -0.0512. The second-order valence-corrected chi connectivity index (χ2v) is 3.84. The smallest absolute Gasteiger partial charge is 0.387 e. The minimum atomic E-state index is -2.97. The van der Waals surface area contributed by atoms with Gasteiger partial charge in [-0.25, -0.2) is 0 Å². The minimum Gasteiger partial charge on any atom is -0.493 e. The molecule has 1 aromatic carbocycles. The molecule has 0 unspecified atom stereocenters. The third kappa shape index (κ3) is 3.57.